The van der Waals surface area contributed by atoms with Gasteiger partial charge in [-0.1, -0.05) is 55.5 Å². The van der Waals surface area contributed by atoms with Crippen molar-refractivity contribution < 1.29 is 9.53 Å². The zero-order valence-electron chi connectivity index (χ0n) is 12.5. The highest BCUT2D eigenvalue weighted by molar-refractivity contribution is 5.90. The van der Waals surface area contributed by atoms with Crippen LogP contribution < -0.4 is 5.32 Å². The third-order valence-corrected chi connectivity index (χ3v) is 3.56. The lowest BCUT2D eigenvalue weighted by Crippen LogP contribution is -2.21. The first-order valence-corrected chi connectivity index (χ1v) is 7.14. The number of benzene rings is 2. The largest absolute Gasteiger partial charge is 0.465 e. The standard InChI is InChI=1S/C18H21NO2/c1-14(15-8-4-3-5-9-15)12-19-13-16-10-6-7-11-17(16)18(20)21-2/h3-11,14,19H,12-13H2,1-2H3. The van der Waals surface area contributed by atoms with Crippen LogP contribution in [0.3, 0.4) is 0 Å². The fourth-order valence-corrected chi connectivity index (χ4v) is 2.31. The van der Waals surface area contributed by atoms with E-state index in [9.17, 15) is 4.79 Å². The number of nitrogens with one attached hydrogen (secondary N) is 1. The molecule has 0 heterocycles. The van der Waals surface area contributed by atoms with Gasteiger partial charge in [-0.05, 0) is 23.1 Å². The number of ether oxygens (including phenoxy) is 1. The van der Waals surface area contributed by atoms with Crippen molar-refractivity contribution in [3.63, 3.8) is 0 Å². The Morgan fingerprint density at radius 3 is 2.48 bits per heavy atom. The normalized spacial score (nSPS) is 11.9. The van der Waals surface area contributed by atoms with E-state index in [0.717, 1.165) is 12.1 Å². The molecule has 0 amide bonds. The minimum absolute atomic E-state index is 0.288. The van der Waals surface area contributed by atoms with E-state index < -0.39 is 0 Å². The van der Waals surface area contributed by atoms with E-state index in [-0.39, 0.29) is 5.97 Å². The van der Waals surface area contributed by atoms with Crippen molar-refractivity contribution in [1.82, 2.24) is 5.32 Å². The maximum atomic E-state index is 11.7. The number of esters is 1. The van der Waals surface area contributed by atoms with Crippen LogP contribution in [0.5, 0.6) is 0 Å². The molecule has 0 bridgehead atoms. The maximum absolute atomic E-state index is 11.7. The van der Waals surface area contributed by atoms with E-state index in [4.69, 9.17) is 4.74 Å². The van der Waals surface area contributed by atoms with Crippen molar-refractivity contribution in [2.75, 3.05) is 13.7 Å². The van der Waals surface area contributed by atoms with Crippen LogP contribution in [0, 0.1) is 0 Å². The molecule has 0 radical (unpaired) electrons. The quantitative estimate of drug-likeness (QED) is 0.826. The van der Waals surface area contributed by atoms with Crippen molar-refractivity contribution >= 4 is 5.97 Å². The van der Waals surface area contributed by atoms with Crippen molar-refractivity contribution in [1.29, 1.82) is 0 Å². The molecule has 3 nitrogen and oxygen atoms in total. The van der Waals surface area contributed by atoms with Crippen LogP contribution in [0.15, 0.2) is 54.6 Å². The Balaban J connectivity index is 1.93. The summed E-state index contributed by atoms with van der Waals surface area (Å²) in [5.74, 6) is 0.139. The molecule has 1 unspecified atom stereocenters. The molecular formula is C18H21NO2. The second kappa shape index (κ2) is 7.60. The Morgan fingerprint density at radius 1 is 1.10 bits per heavy atom. The van der Waals surface area contributed by atoms with Gasteiger partial charge in [-0.2, -0.15) is 0 Å². The first kappa shape index (κ1) is 15.3. The number of carbonyl (C=O) groups excluding carboxylic acids is 1. The molecule has 2 rings (SSSR count). The van der Waals surface area contributed by atoms with Crippen LogP contribution in [-0.4, -0.2) is 19.6 Å². The monoisotopic (exact) mass is 283 g/mol. The highest BCUT2D eigenvalue weighted by Gasteiger charge is 2.11. The Labute approximate surface area is 126 Å². The van der Waals surface area contributed by atoms with Gasteiger partial charge in [-0.15, -0.1) is 0 Å². The van der Waals surface area contributed by atoms with E-state index in [0.29, 0.717) is 18.0 Å². The summed E-state index contributed by atoms with van der Waals surface area (Å²) in [7, 11) is 1.41. The van der Waals surface area contributed by atoms with Gasteiger partial charge in [0.1, 0.15) is 0 Å². The summed E-state index contributed by atoms with van der Waals surface area (Å²) in [4.78, 5) is 11.7. The molecule has 21 heavy (non-hydrogen) atoms. The minimum Gasteiger partial charge on any atom is -0.465 e. The first-order chi connectivity index (χ1) is 10.2. The van der Waals surface area contributed by atoms with Crippen LogP contribution in [0.25, 0.3) is 0 Å². The molecule has 0 saturated heterocycles. The zero-order valence-corrected chi connectivity index (χ0v) is 12.5. The zero-order chi connectivity index (χ0) is 15.1. The highest BCUT2D eigenvalue weighted by Crippen LogP contribution is 2.14. The Kier molecular flexibility index (Phi) is 5.52. The maximum Gasteiger partial charge on any atom is 0.338 e. The van der Waals surface area contributed by atoms with Crippen molar-refractivity contribution in [2.24, 2.45) is 0 Å². The van der Waals surface area contributed by atoms with Crippen LogP contribution in [0.4, 0.5) is 0 Å². The molecule has 110 valence electrons. The minimum atomic E-state index is -0.288. The van der Waals surface area contributed by atoms with Gasteiger partial charge in [0, 0.05) is 13.1 Å². The highest BCUT2D eigenvalue weighted by atomic mass is 16.5. The smallest absolute Gasteiger partial charge is 0.338 e. The van der Waals surface area contributed by atoms with E-state index in [1.54, 1.807) is 6.07 Å². The number of methoxy groups -OCH3 is 1. The SMILES string of the molecule is COC(=O)c1ccccc1CNCC(C)c1ccccc1. The van der Waals surface area contributed by atoms with Gasteiger partial charge in [-0.25, -0.2) is 4.79 Å². The molecular weight excluding hydrogens is 262 g/mol. The summed E-state index contributed by atoms with van der Waals surface area (Å²) in [5.41, 5.74) is 2.90. The lowest BCUT2D eigenvalue weighted by Gasteiger charge is -2.14. The fourth-order valence-electron chi connectivity index (χ4n) is 2.31. The Bertz CT molecular complexity index is 581. The molecule has 2 aromatic rings. The predicted octanol–water partition coefficient (Wildman–Crippen LogP) is 3.37. The third kappa shape index (κ3) is 4.17. The fraction of sp³-hybridized carbons (Fsp3) is 0.278. The number of hydrogen-bond donors (Lipinski definition) is 1. The summed E-state index contributed by atoms with van der Waals surface area (Å²) >= 11 is 0. The molecule has 0 saturated carbocycles. The second-order valence-electron chi connectivity index (χ2n) is 5.09. The van der Waals surface area contributed by atoms with Crippen LogP contribution in [-0.2, 0) is 11.3 Å². The number of carbonyl (C=O) groups is 1. The number of hydrogen-bond acceptors (Lipinski definition) is 3. The van der Waals surface area contributed by atoms with E-state index >= 15 is 0 Å². The molecule has 0 aliphatic heterocycles. The van der Waals surface area contributed by atoms with Crippen molar-refractivity contribution in [2.45, 2.75) is 19.4 Å². The molecule has 3 heteroatoms. The van der Waals surface area contributed by atoms with E-state index in [2.05, 4.69) is 36.5 Å². The summed E-state index contributed by atoms with van der Waals surface area (Å²) in [5, 5.41) is 3.41. The average Bonchev–Trinajstić information content (AvgIpc) is 2.55. The second-order valence-corrected chi connectivity index (χ2v) is 5.09. The van der Waals surface area contributed by atoms with Gasteiger partial charge >= 0.3 is 5.97 Å². The third-order valence-electron chi connectivity index (χ3n) is 3.56. The van der Waals surface area contributed by atoms with Gasteiger partial charge in [0.05, 0.1) is 12.7 Å². The first-order valence-electron chi connectivity index (χ1n) is 7.14. The molecule has 2 aromatic carbocycles. The van der Waals surface area contributed by atoms with Crippen LogP contribution in [0.1, 0.15) is 34.3 Å². The average molecular weight is 283 g/mol. The molecule has 0 spiro atoms. The van der Waals surface area contributed by atoms with Crippen LogP contribution in [0.2, 0.25) is 0 Å². The summed E-state index contributed by atoms with van der Waals surface area (Å²) in [6, 6.07) is 17.9. The van der Waals surface area contributed by atoms with E-state index in [1.165, 1.54) is 12.7 Å². The van der Waals surface area contributed by atoms with Gasteiger partial charge < -0.3 is 10.1 Å². The lowest BCUT2D eigenvalue weighted by molar-refractivity contribution is 0.0599. The lowest BCUT2D eigenvalue weighted by atomic mass is 10.0. The van der Waals surface area contributed by atoms with E-state index in [1.807, 2.05) is 24.3 Å². The Hall–Kier alpha value is -2.13. The van der Waals surface area contributed by atoms with Crippen LogP contribution >= 0.6 is 0 Å². The summed E-state index contributed by atoms with van der Waals surface area (Å²) < 4.78 is 4.81. The predicted molar refractivity (Wildman–Crippen MR) is 84.3 cm³/mol. The molecule has 0 aliphatic carbocycles. The molecule has 0 fully saturated rings. The topological polar surface area (TPSA) is 38.3 Å². The van der Waals surface area contributed by atoms with Gasteiger partial charge in [0.15, 0.2) is 0 Å². The molecule has 1 atom stereocenters. The molecule has 0 aliphatic rings. The Morgan fingerprint density at radius 2 is 1.76 bits per heavy atom. The van der Waals surface area contributed by atoms with Gasteiger partial charge in [0.2, 0.25) is 0 Å². The molecule has 0 aromatic heterocycles. The summed E-state index contributed by atoms with van der Waals surface area (Å²) in [6.45, 7) is 3.70. The molecule has 1 N–H and O–H groups in total. The van der Waals surface area contributed by atoms with Crippen molar-refractivity contribution in [3.8, 4) is 0 Å². The van der Waals surface area contributed by atoms with Gasteiger partial charge in [-0.3, -0.25) is 0 Å². The van der Waals surface area contributed by atoms with Crippen molar-refractivity contribution in [3.05, 3.63) is 71.3 Å². The summed E-state index contributed by atoms with van der Waals surface area (Å²) in [6.07, 6.45) is 0. The number of rotatable bonds is 6. The van der Waals surface area contributed by atoms with Gasteiger partial charge in [0.25, 0.3) is 0 Å².